The number of amides is 3. The van der Waals surface area contributed by atoms with E-state index in [0.29, 0.717) is 0 Å². The molecular weight excluding hydrogens is 572 g/mol. The number of carbonyl (C=O) groups excluding carboxylic acids is 3. The molecule has 0 bridgehead atoms. The summed E-state index contributed by atoms with van der Waals surface area (Å²) in [4.78, 5) is 52.8. The van der Waals surface area contributed by atoms with E-state index < -0.39 is 68.0 Å². The molecule has 4 N–H and O–H groups in total. The Morgan fingerprint density at radius 2 is 1.63 bits per heavy atom. The number of carbonyl (C=O) groups is 4. The molecule has 2 fully saturated rings. The Balaban J connectivity index is 1.54. The molecule has 4 rings (SSSR count). The van der Waals surface area contributed by atoms with Crippen LogP contribution in [0.15, 0.2) is 53.4 Å². The van der Waals surface area contributed by atoms with E-state index in [0.717, 1.165) is 9.87 Å². The third-order valence-electron chi connectivity index (χ3n) is 7.37. The number of thioether (sulfide) groups is 1. The van der Waals surface area contributed by atoms with Gasteiger partial charge in [0.05, 0.1) is 4.90 Å². The van der Waals surface area contributed by atoms with E-state index >= 15 is 0 Å². The minimum absolute atomic E-state index is 0.00257. The van der Waals surface area contributed by atoms with E-state index in [1.165, 1.54) is 67.0 Å². The van der Waals surface area contributed by atoms with Crippen molar-refractivity contribution in [2.45, 2.75) is 66.9 Å². The summed E-state index contributed by atoms with van der Waals surface area (Å²) in [5.74, 6) is -3.31. The van der Waals surface area contributed by atoms with Gasteiger partial charge >= 0.3 is 5.97 Å². The molecule has 2 heterocycles. The van der Waals surface area contributed by atoms with Gasteiger partial charge in [-0.25, -0.2) is 13.2 Å². The molecule has 2 saturated heterocycles. The molecule has 2 aromatic carbocycles. The maximum absolute atomic E-state index is 13.5. The molecule has 1 unspecified atom stereocenters. The van der Waals surface area contributed by atoms with Crippen molar-refractivity contribution in [2.24, 2.45) is 0 Å². The highest BCUT2D eigenvalue weighted by Crippen LogP contribution is 2.50. The average molecular weight is 605 g/mol. The Kier molecular flexibility index (Phi) is 8.13. The molecule has 3 amide bonds. The lowest BCUT2D eigenvalue weighted by molar-refractivity contribution is -0.161. The summed E-state index contributed by atoms with van der Waals surface area (Å²) in [6.45, 7) is 6.62. The minimum Gasteiger partial charge on any atom is -0.508 e. The number of hydrogen-bond acceptors (Lipinski definition) is 8. The number of carboxylic acid groups (broad SMARTS) is 1. The predicted octanol–water partition coefficient (Wildman–Crippen LogP) is 1.20. The van der Waals surface area contributed by atoms with Crippen molar-refractivity contribution in [3.05, 3.63) is 59.7 Å². The monoisotopic (exact) mass is 604 g/mol. The zero-order valence-corrected chi connectivity index (χ0v) is 24.7. The number of phenolic OH excluding ortho intramolecular Hbond substituents is 1. The van der Waals surface area contributed by atoms with Crippen LogP contribution in [0.2, 0.25) is 0 Å². The number of fused-ring (bicyclic) bond motifs is 1. The molecule has 41 heavy (non-hydrogen) atoms. The molecular formula is C27H32N4O8S2. The Hall–Kier alpha value is -3.62. The van der Waals surface area contributed by atoms with Crippen molar-refractivity contribution in [2.75, 3.05) is 7.05 Å². The van der Waals surface area contributed by atoms with E-state index in [2.05, 4.69) is 10.6 Å². The van der Waals surface area contributed by atoms with Crippen LogP contribution in [0.3, 0.4) is 0 Å². The van der Waals surface area contributed by atoms with Gasteiger partial charge < -0.3 is 25.7 Å². The molecule has 2 aliphatic heterocycles. The smallest absolute Gasteiger partial charge is 0.327 e. The number of carboxylic acids is 1. The topological polar surface area (TPSA) is 173 Å². The fraction of sp³-hybridized carbons (Fsp3) is 0.407. The zero-order valence-electron chi connectivity index (χ0n) is 23.1. The number of rotatable bonds is 9. The van der Waals surface area contributed by atoms with Crippen LogP contribution in [-0.2, 0) is 29.2 Å². The Morgan fingerprint density at radius 3 is 2.20 bits per heavy atom. The van der Waals surface area contributed by atoms with Gasteiger partial charge in [-0.15, -0.1) is 11.8 Å². The van der Waals surface area contributed by atoms with Crippen LogP contribution in [0.1, 0.15) is 37.9 Å². The molecule has 0 aliphatic carbocycles. The standard InChI is InChI=1S/C27H32N4O8S2/c1-14-6-12-18(13-7-14)41(38,39)30(5)15(2)22(33)28-19(16-8-10-17(32)11-9-16)23(34)29-20-24(35)31-21(26(36)37)27(3,4)40-25(20)31/h6-13,15,19-21,25,32H,1-5H3,(H,28,33)(H,29,34)(H,36,37)/t15-,19?,20+,21-,25+/m0/s1. The van der Waals surface area contributed by atoms with Gasteiger partial charge in [0.2, 0.25) is 27.7 Å². The number of benzene rings is 2. The van der Waals surface area contributed by atoms with Crippen molar-refractivity contribution in [3.8, 4) is 5.75 Å². The van der Waals surface area contributed by atoms with Crippen LogP contribution in [-0.4, -0.2) is 86.8 Å². The normalized spacial score (nSPS) is 22.8. The number of sulfonamides is 1. The van der Waals surface area contributed by atoms with E-state index in [-0.39, 0.29) is 16.2 Å². The van der Waals surface area contributed by atoms with E-state index in [9.17, 15) is 37.8 Å². The highest BCUT2D eigenvalue weighted by molar-refractivity contribution is 8.01. The Labute approximate surface area is 242 Å². The van der Waals surface area contributed by atoms with Gasteiger partial charge in [0.15, 0.2) is 0 Å². The lowest BCUT2D eigenvalue weighted by atomic mass is 9.95. The molecule has 2 aliphatic rings. The van der Waals surface area contributed by atoms with Crippen LogP contribution >= 0.6 is 11.8 Å². The van der Waals surface area contributed by atoms with Crippen molar-refractivity contribution in [1.82, 2.24) is 19.8 Å². The number of aliphatic carboxylic acids is 1. The number of likely N-dealkylation sites (N-methyl/N-ethyl adjacent to an activating group) is 1. The van der Waals surface area contributed by atoms with Crippen LogP contribution in [0, 0.1) is 6.92 Å². The van der Waals surface area contributed by atoms with Gasteiger partial charge in [-0.1, -0.05) is 29.8 Å². The number of nitrogens with zero attached hydrogens (tertiary/aromatic N) is 2. The van der Waals surface area contributed by atoms with Gasteiger partial charge in [0.1, 0.15) is 35.3 Å². The van der Waals surface area contributed by atoms with Gasteiger partial charge in [0.25, 0.3) is 0 Å². The number of aryl methyl sites for hydroxylation is 1. The molecule has 0 spiro atoms. The fourth-order valence-electron chi connectivity index (χ4n) is 4.86. The highest BCUT2D eigenvalue weighted by atomic mass is 32.2. The minimum atomic E-state index is -4.04. The van der Waals surface area contributed by atoms with Crippen molar-refractivity contribution in [3.63, 3.8) is 0 Å². The number of phenols is 1. The zero-order chi connectivity index (χ0) is 30.4. The number of aromatic hydroxyl groups is 1. The number of hydrogen-bond donors (Lipinski definition) is 4. The largest absolute Gasteiger partial charge is 0.508 e. The first-order chi connectivity index (χ1) is 19.1. The van der Waals surface area contributed by atoms with Crippen molar-refractivity contribution >= 4 is 45.5 Å². The predicted molar refractivity (Wildman–Crippen MR) is 150 cm³/mol. The Bertz CT molecular complexity index is 1480. The van der Waals surface area contributed by atoms with Crippen LogP contribution in [0.4, 0.5) is 0 Å². The SMILES string of the molecule is Cc1ccc(S(=O)(=O)N(C)[C@@H](C)C(=O)NC(C(=O)N[C@@H]2C(=O)N3[C@@H]2SC(C)(C)[C@@H]3C(=O)O)c2ccc(O)cc2)cc1. The van der Waals surface area contributed by atoms with Crippen LogP contribution in [0.5, 0.6) is 5.75 Å². The number of β-lactam (4-membered cyclic amide) rings is 1. The molecule has 220 valence electrons. The van der Waals surface area contributed by atoms with Gasteiger partial charge in [-0.05, 0) is 57.5 Å². The van der Waals surface area contributed by atoms with E-state index in [1.54, 1.807) is 26.0 Å². The van der Waals surface area contributed by atoms with Gasteiger partial charge in [-0.2, -0.15) is 4.31 Å². The molecule has 5 atom stereocenters. The summed E-state index contributed by atoms with van der Waals surface area (Å²) < 4.78 is 26.4. The van der Waals surface area contributed by atoms with E-state index in [1.807, 2.05) is 6.92 Å². The van der Waals surface area contributed by atoms with Crippen LogP contribution < -0.4 is 10.6 Å². The van der Waals surface area contributed by atoms with Crippen molar-refractivity contribution < 1.29 is 37.8 Å². The van der Waals surface area contributed by atoms with Crippen molar-refractivity contribution in [1.29, 1.82) is 0 Å². The van der Waals surface area contributed by atoms with Gasteiger partial charge in [0, 0.05) is 11.8 Å². The summed E-state index contributed by atoms with van der Waals surface area (Å²) in [6.07, 6.45) is 0. The second kappa shape index (κ2) is 11.0. The molecule has 0 radical (unpaired) electrons. The first kappa shape index (κ1) is 30.3. The summed E-state index contributed by atoms with van der Waals surface area (Å²) in [5.41, 5.74) is 1.14. The lowest BCUT2D eigenvalue weighted by Crippen LogP contribution is -2.71. The highest BCUT2D eigenvalue weighted by Gasteiger charge is 2.64. The Morgan fingerprint density at radius 1 is 1.05 bits per heavy atom. The maximum Gasteiger partial charge on any atom is 0.327 e. The summed E-state index contributed by atoms with van der Waals surface area (Å²) in [7, 11) is -2.78. The lowest BCUT2D eigenvalue weighted by Gasteiger charge is -2.44. The third-order valence-corrected chi connectivity index (χ3v) is 10.9. The van der Waals surface area contributed by atoms with E-state index in [4.69, 9.17) is 0 Å². The quantitative estimate of drug-likeness (QED) is 0.307. The summed E-state index contributed by atoms with van der Waals surface area (Å²) in [5, 5.41) is 24.0. The summed E-state index contributed by atoms with van der Waals surface area (Å²) >= 11 is 1.26. The molecule has 0 aromatic heterocycles. The van der Waals surface area contributed by atoms with Crippen LogP contribution in [0.25, 0.3) is 0 Å². The second-order valence-corrected chi connectivity index (χ2v) is 14.4. The second-order valence-electron chi connectivity index (χ2n) is 10.6. The molecule has 12 nitrogen and oxygen atoms in total. The summed E-state index contributed by atoms with van der Waals surface area (Å²) in [6, 6.07) is 6.99. The average Bonchev–Trinajstić information content (AvgIpc) is 3.17. The third kappa shape index (κ3) is 5.63. The molecule has 2 aromatic rings. The molecule has 0 saturated carbocycles. The van der Waals surface area contributed by atoms with Gasteiger partial charge in [-0.3, -0.25) is 14.4 Å². The number of nitrogens with one attached hydrogen (secondary N) is 2. The molecule has 14 heteroatoms. The fourth-order valence-corrected chi connectivity index (χ4v) is 7.81. The first-order valence-electron chi connectivity index (χ1n) is 12.7. The first-order valence-corrected chi connectivity index (χ1v) is 15.1. The maximum atomic E-state index is 13.5.